The molecule has 0 unspecified atom stereocenters. The number of hydrogen-bond acceptors (Lipinski definition) is 6. The number of benzene rings is 2. The van der Waals surface area contributed by atoms with E-state index in [1.165, 1.54) is 30.2 Å². The molecule has 9 nitrogen and oxygen atoms in total. The van der Waals surface area contributed by atoms with Gasteiger partial charge in [0.15, 0.2) is 6.61 Å². The SMILES string of the molecule is CCCNC(=O)[C@H](C)N(Cc1ccc(Cl)c(Cl)c1)C(=O)COc1ccc([N+](=O)[O-])c(OC)c1. The zero-order valence-electron chi connectivity index (χ0n) is 18.5. The lowest BCUT2D eigenvalue weighted by Gasteiger charge is -2.29. The first-order chi connectivity index (χ1) is 15.7. The van der Waals surface area contributed by atoms with E-state index in [0.717, 1.165) is 6.42 Å². The molecule has 0 aliphatic carbocycles. The maximum Gasteiger partial charge on any atom is 0.311 e. The minimum atomic E-state index is -0.784. The number of hydrogen-bond donors (Lipinski definition) is 1. The average molecular weight is 498 g/mol. The molecule has 11 heteroatoms. The summed E-state index contributed by atoms with van der Waals surface area (Å²) in [7, 11) is 1.30. The fourth-order valence-corrected chi connectivity index (χ4v) is 3.26. The summed E-state index contributed by atoms with van der Waals surface area (Å²) in [6.45, 7) is 3.74. The third-order valence-electron chi connectivity index (χ3n) is 4.76. The van der Waals surface area contributed by atoms with Crippen LogP contribution in [-0.2, 0) is 16.1 Å². The van der Waals surface area contributed by atoms with Gasteiger partial charge in [-0.05, 0) is 37.1 Å². The van der Waals surface area contributed by atoms with Gasteiger partial charge in [0.05, 0.1) is 22.1 Å². The fraction of sp³-hybridized carbons (Fsp3) is 0.364. The van der Waals surface area contributed by atoms with E-state index in [-0.39, 0.29) is 29.6 Å². The van der Waals surface area contributed by atoms with Gasteiger partial charge in [-0.15, -0.1) is 0 Å². The maximum atomic E-state index is 13.0. The zero-order chi connectivity index (χ0) is 24.5. The molecule has 178 valence electrons. The molecular weight excluding hydrogens is 473 g/mol. The quantitative estimate of drug-likeness (QED) is 0.367. The molecule has 0 aliphatic heterocycles. The van der Waals surface area contributed by atoms with Crippen LogP contribution in [-0.4, -0.2) is 47.9 Å². The number of rotatable bonds is 11. The molecule has 0 spiro atoms. The Bertz CT molecular complexity index is 1020. The van der Waals surface area contributed by atoms with Gasteiger partial charge in [0.1, 0.15) is 11.8 Å². The van der Waals surface area contributed by atoms with Gasteiger partial charge < -0.3 is 19.7 Å². The molecule has 0 bridgehead atoms. The molecule has 2 rings (SSSR count). The van der Waals surface area contributed by atoms with E-state index in [1.807, 2.05) is 6.92 Å². The van der Waals surface area contributed by atoms with Crippen LogP contribution in [0.3, 0.4) is 0 Å². The third kappa shape index (κ3) is 7.23. The highest BCUT2D eigenvalue weighted by molar-refractivity contribution is 6.42. The summed E-state index contributed by atoms with van der Waals surface area (Å²) >= 11 is 12.1. The molecule has 33 heavy (non-hydrogen) atoms. The first-order valence-electron chi connectivity index (χ1n) is 10.1. The van der Waals surface area contributed by atoms with Gasteiger partial charge in [-0.3, -0.25) is 19.7 Å². The van der Waals surface area contributed by atoms with E-state index in [2.05, 4.69) is 5.32 Å². The number of nitro groups is 1. The molecule has 0 radical (unpaired) electrons. The molecular formula is C22H25Cl2N3O6. The molecule has 1 atom stereocenters. The van der Waals surface area contributed by atoms with Crippen LogP contribution < -0.4 is 14.8 Å². The van der Waals surface area contributed by atoms with Crippen molar-refractivity contribution in [3.05, 3.63) is 62.1 Å². The predicted molar refractivity (Wildman–Crippen MR) is 125 cm³/mol. The lowest BCUT2D eigenvalue weighted by molar-refractivity contribution is -0.385. The summed E-state index contributed by atoms with van der Waals surface area (Å²) in [6, 6.07) is 8.10. The Hall–Kier alpha value is -3.04. The van der Waals surface area contributed by atoms with E-state index in [0.29, 0.717) is 22.2 Å². The van der Waals surface area contributed by atoms with Crippen LogP contribution in [0.1, 0.15) is 25.8 Å². The van der Waals surface area contributed by atoms with Crippen molar-refractivity contribution in [2.45, 2.75) is 32.9 Å². The third-order valence-corrected chi connectivity index (χ3v) is 5.50. The number of nitrogens with zero attached hydrogens (tertiary/aromatic N) is 2. The van der Waals surface area contributed by atoms with Crippen molar-refractivity contribution >= 4 is 40.7 Å². The molecule has 0 fully saturated rings. The topological polar surface area (TPSA) is 111 Å². The Morgan fingerprint density at radius 2 is 1.91 bits per heavy atom. The number of nitro benzene ring substituents is 1. The Morgan fingerprint density at radius 1 is 1.18 bits per heavy atom. The van der Waals surface area contributed by atoms with Crippen LogP contribution in [0.2, 0.25) is 10.0 Å². The summed E-state index contributed by atoms with van der Waals surface area (Å²) in [4.78, 5) is 37.4. The number of amides is 2. The first-order valence-corrected chi connectivity index (χ1v) is 10.9. The number of carbonyl (C=O) groups excluding carboxylic acids is 2. The van der Waals surface area contributed by atoms with Crippen LogP contribution >= 0.6 is 23.2 Å². The highest BCUT2D eigenvalue weighted by Gasteiger charge is 2.27. The van der Waals surface area contributed by atoms with E-state index < -0.39 is 23.5 Å². The van der Waals surface area contributed by atoms with Crippen molar-refractivity contribution in [3.63, 3.8) is 0 Å². The fourth-order valence-electron chi connectivity index (χ4n) is 2.94. The highest BCUT2D eigenvalue weighted by Crippen LogP contribution is 2.31. The van der Waals surface area contributed by atoms with E-state index in [1.54, 1.807) is 25.1 Å². The summed E-state index contributed by atoms with van der Waals surface area (Å²) in [6.07, 6.45) is 0.754. The molecule has 0 heterocycles. The second kappa shape index (κ2) is 12.3. The molecule has 2 aromatic carbocycles. The van der Waals surface area contributed by atoms with Crippen molar-refractivity contribution in [1.29, 1.82) is 0 Å². The standard InChI is InChI=1S/C22H25Cl2N3O6/c1-4-9-25-22(29)14(2)26(12-15-5-7-17(23)18(24)10-15)21(28)13-33-16-6-8-19(27(30)31)20(11-16)32-3/h5-8,10-11,14H,4,9,12-13H2,1-3H3,(H,25,29)/t14-/m0/s1. The molecule has 0 aliphatic rings. The largest absolute Gasteiger partial charge is 0.490 e. The molecule has 0 saturated heterocycles. The average Bonchev–Trinajstić information content (AvgIpc) is 2.80. The van der Waals surface area contributed by atoms with Crippen LogP contribution in [0.15, 0.2) is 36.4 Å². The van der Waals surface area contributed by atoms with Crippen LogP contribution in [0.5, 0.6) is 11.5 Å². The van der Waals surface area contributed by atoms with Crippen LogP contribution in [0, 0.1) is 10.1 Å². The molecule has 2 amide bonds. The van der Waals surface area contributed by atoms with Crippen molar-refractivity contribution in [2.75, 3.05) is 20.3 Å². The number of methoxy groups -OCH3 is 1. The second-order valence-corrected chi connectivity index (χ2v) is 7.93. The van der Waals surface area contributed by atoms with Gasteiger partial charge in [0, 0.05) is 25.2 Å². The summed E-state index contributed by atoms with van der Waals surface area (Å²) in [5.74, 6) is -0.548. The normalized spacial score (nSPS) is 11.4. The maximum absolute atomic E-state index is 13.0. The van der Waals surface area contributed by atoms with E-state index >= 15 is 0 Å². The number of carbonyl (C=O) groups is 2. The minimum Gasteiger partial charge on any atom is -0.490 e. The number of halogens is 2. The lowest BCUT2D eigenvalue weighted by atomic mass is 10.1. The summed E-state index contributed by atoms with van der Waals surface area (Å²) < 4.78 is 10.6. The molecule has 1 N–H and O–H groups in total. The van der Waals surface area contributed by atoms with Gasteiger partial charge in [0.25, 0.3) is 5.91 Å². The van der Waals surface area contributed by atoms with Crippen LogP contribution in [0.25, 0.3) is 0 Å². The smallest absolute Gasteiger partial charge is 0.311 e. The molecule has 2 aromatic rings. The number of nitrogens with one attached hydrogen (secondary N) is 1. The highest BCUT2D eigenvalue weighted by atomic mass is 35.5. The zero-order valence-corrected chi connectivity index (χ0v) is 20.0. The lowest BCUT2D eigenvalue weighted by Crippen LogP contribution is -2.49. The Labute approximate surface area is 201 Å². The Balaban J connectivity index is 2.20. The Kier molecular flexibility index (Phi) is 9.74. The van der Waals surface area contributed by atoms with E-state index in [4.69, 9.17) is 32.7 Å². The van der Waals surface area contributed by atoms with Crippen molar-refractivity contribution in [2.24, 2.45) is 0 Å². The number of ether oxygens (including phenoxy) is 2. The molecule has 0 saturated carbocycles. The summed E-state index contributed by atoms with van der Waals surface area (Å²) in [5, 5.41) is 14.5. The van der Waals surface area contributed by atoms with Crippen molar-refractivity contribution in [1.82, 2.24) is 10.2 Å². The first kappa shape index (κ1) is 26.2. The van der Waals surface area contributed by atoms with Crippen molar-refractivity contribution < 1.29 is 24.0 Å². The van der Waals surface area contributed by atoms with E-state index in [9.17, 15) is 19.7 Å². The van der Waals surface area contributed by atoms with Gasteiger partial charge in [-0.25, -0.2) is 0 Å². The van der Waals surface area contributed by atoms with Gasteiger partial charge >= 0.3 is 5.69 Å². The van der Waals surface area contributed by atoms with Crippen LogP contribution in [0.4, 0.5) is 5.69 Å². The minimum absolute atomic E-state index is 0.00456. The van der Waals surface area contributed by atoms with Gasteiger partial charge in [-0.1, -0.05) is 36.2 Å². The second-order valence-electron chi connectivity index (χ2n) is 7.12. The molecule has 0 aromatic heterocycles. The van der Waals surface area contributed by atoms with Gasteiger partial charge in [-0.2, -0.15) is 0 Å². The predicted octanol–water partition coefficient (Wildman–Crippen LogP) is 4.23. The Morgan fingerprint density at radius 3 is 2.52 bits per heavy atom. The monoisotopic (exact) mass is 497 g/mol. The summed E-state index contributed by atoms with van der Waals surface area (Å²) in [5.41, 5.74) is 0.462. The van der Waals surface area contributed by atoms with Crippen molar-refractivity contribution in [3.8, 4) is 11.5 Å². The van der Waals surface area contributed by atoms with Gasteiger partial charge in [0.2, 0.25) is 11.7 Å².